The number of ether oxygens (including phenoxy) is 1. The molecule has 0 radical (unpaired) electrons. The maximum atomic E-state index is 12.8. The minimum absolute atomic E-state index is 0.165. The van der Waals surface area contributed by atoms with Crippen molar-refractivity contribution in [1.82, 2.24) is 0 Å². The van der Waals surface area contributed by atoms with Gasteiger partial charge < -0.3 is 4.74 Å². The van der Waals surface area contributed by atoms with Crippen molar-refractivity contribution in [2.75, 3.05) is 4.90 Å². The highest BCUT2D eigenvalue weighted by Gasteiger charge is 2.36. The Balaban J connectivity index is 2.49. The average molecular weight is 480 g/mol. The molecule has 1 unspecified atom stereocenters. The van der Waals surface area contributed by atoms with Gasteiger partial charge in [0, 0.05) is 14.1 Å². The number of carbonyl (C=O) groups is 1. The van der Waals surface area contributed by atoms with E-state index in [9.17, 15) is 4.79 Å². The lowest BCUT2D eigenvalue weighted by Gasteiger charge is -2.40. The van der Waals surface area contributed by atoms with Crippen molar-refractivity contribution in [3.63, 3.8) is 0 Å². The molecule has 0 aliphatic carbocycles. The van der Waals surface area contributed by atoms with Crippen molar-refractivity contribution in [3.05, 3.63) is 25.7 Å². The summed E-state index contributed by atoms with van der Waals surface area (Å²) in [5.74, 6) is 0.381. The third-order valence-corrected chi connectivity index (χ3v) is 4.98. The van der Waals surface area contributed by atoms with Gasteiger partial charge in [-0.2, -0.15) is 0 Å². The number of rotatable bonds is 1. The van der Waals surface area contributed by atoms with E-state index in [4.69, 9.17) is 4.74 Å². The topological polar surface area (TPSA) is 29.5 Å². The first kappa shape index (κ1) is 18.0. The molecule has 0 spiro atoms. The number of anilines is 1. The number of fused-ring (bicyclic) bond motifs is 1. The summed E-state index contributed by atoms with van der Waals surface area (Å²) in [5, 5.41) is 0. The van der Waals surface area contributed by atoms with Gasteiger partial charge in [-0.3, -0.25) is 4.90 Å². The van der Waals surface area contributed by atoms with Gasteiger partial charge in [-0.05, 0) is 95.7 Å². The van der Waals surface area contributed by atoms with Gasteiger partial charge in [0.2, 0.25) is 0 Å². The Kier molecular flexibility index (Phi) is 5.47. The normalized spacial score (nSPS) is 18.4. The van der Waals surface area contributed by atoms with Crippen molar-refractivity contribution < 1.29 is 9.53 Å². The van der Waals surface area contributed by atoms with Crippen molar-refractivity contribution in [3.8, 4) is 0 Å². The van der Waals surface area contributed by atoms with E-state index >= 15 is 0 Å². The SMILES string of the molecule is CC(C)C1CCc2cc(I)cc(Br)c2N1C(=O)OC(C)(C)C. The van der Waals surface area contributed by atoms with E-state index in [1.165, 1.54) is 9.13 Å². The highest BCUT2D eigenvalue weighted by Crippen LogP contribution is 2.40. The number of hydrogen-bond acceptors (Lipinski definition) is 2. The van der Waals surface area contributed by atoms with E-state index in [2.05, 4.69) is 64.5 Å². The summed E-state index contributed by atoms with van der Waals surface area (Å²) in [5.41, 5.74) is 1.69. The highest BCUT2D eigenvalue weighted by molar-refractivity contribution is 14.1. The summed E-state index contributed by atoms with van der Waals surface area (Å²) in [6.07, 6.45) is 1.71. The smallest absolute Gasteiger partial charge is 0.415 e. The lowest BCUT2D eigenvalue weighted by atomic mass is 9.89. The lowest BCUT2D eigenvalue weighted by molar-refractivity contribution is 0.0550. The number of carbonyl (C=O) groups excluding carboxylic acids is 1. The highest BCUT2D eigenvalue weighted by atomic mass is 127. The summed E-state index contributed by atoms with van der Waals surface area (Å²) >= 11 is 5.96. The molecule has 1 aromatic rings. The lowest BCUT2D eigenvalue weighted by Crippen LogP contribution is -2.48. The van der Waals surface area contributed by atoms with E-state index in [1.807, 2.05) is 25.7 Å². The first-order valence-electron chi connectivity index (χ1n) is 7.60. The van der Waals surface area contributed by atoms with Gasteiger partial charge in [0.15, 0.2) is 0 Å². The number of amides is 1. The third-order valence-electron chi connectivity index (χ3n) is 3.75. The Morgan fingerprint density at radius 3 is 2.59 bits per heavy atom. The Hall–Kier alpha value is -0.300. The summed E-state index contributed by atoms with van der Waals surface area (Å²) < 4.78 is 7.80. The number of hydrogen-bond donors (Lipinski definition) is 0. The molecule has 122 valence electrons. The number of benzene rings is 1. The second-order valence-corrected chi connectivity index (χ2v) is 9.20. The van der Waals surface area contributed by atoms with Crippen LogP contribution in [0.1, 0.15) is 46.6 Å². The van der Waals surface area contributed by atoms with Crippen LogP contribution in [0.2, 0.25) is 0 Å². The van der Waals surface area contributed by atoms with Gasteiger partial charge in [-0.25, -0.2) is 4.79 Å². The van der Waals surface area contributed by atoms with Crippen molar-refractivity contribution >= 4 is 50.3 Å². The van der Waals surface area contributed by atoms with Crippen LogP contribution in [0.3, 0.4) is 0 Å². The quantitative estimate of drug-likeness (QED) is 0.479. The molecule has 3 nitrogen and oxygen atoms in total. The van der Waals surface area contributed by atoms with E-state index in [-0.39, 0.29) is 12.1 Å². The standard InChI is InChI=1S/C17H23BrINO2/c1-10(2)14-7-6-11-8-12(19)9-13(18)15(11)20(14)16(21)22-17(3,4)5/h8-10,14H,6-7H2,1-5H3. The van der Waals surface area contributed by atoms with E-state index in [0.717, 1.165) is 23.0 Å². The molecule has 1 atom stereocenters. The van der Waals surface area contributed by atoms with Crippen LogP contribution < -0.4 is 4.90 Å². The molecule has 2 rings (SSSR count). The zero-order chi connectivity index (χ0) is 16.7. The fraction of sp³-hybridized carbons (Fsp3) is 0.588. The molecule has 0 bridgehead atoms. The van der Waals surface area contributed by atoms with Crippen LogP contribution in [0.4, 0.5) is 10.5 Å². The van der Waals surface area contributed by atoms with Crippen LogP contribution >= 0.6 is 38.5 Å². The summed E-state index contributed by atoms with van der Waals surface area (Å²) in [6.45, 7) is 10.0. The average Bonchev–Trinajstić information content (AvgIpc) is 2.34. The van der Waals surface area contributed by atoms with Gasteiger partial charge in [0.05, 0.1) is 5.69 Å². The van der Waals surface area contributed by atoms with E-state index in [1.54, 1.807) is 0 Å². The molecule has 0 saturated carbocycles. The Bertz CT molecular complexity index is 581. The van der Waals surface area contributed by atoms with E-state index < -0.39 is 5.60 Å². The molecule has 0 saturated heterocycles. The molecule has 1 heterocycles. The van der Waals surface area contributed by atoms with Gasteiger partial charge in [-0.1, -0.05) is 13.8 Å². The summed E-state index contributed by atoms with van der Waals surface area (Å²) in [4.78, 5) is 14.7. The van der Waals surface area contributed by atoms with Crippen LogP contribution in [-0.2, 0) is 11.2 Å². The molecule has 0 fully saturated rings. The number of nitrogens with zero attached hydrogens (tertiary/aromatic N) is 1. The van der Waals surface area contributed by atoms with Crippen molar-refractivity contribution in [1.29, 1.82) is 0 Å². The van der Waals surface area contributed by atoms with Crippen molar-refractivity contribution in [2.45, 2.75) is 59.1 Å². The van der Waals surface area contributed by atoms with Gasteiger partial charge in [0.1, 0.15) is 5.60 Å². The van der Waals surface area contributed by atoms with E-state index in [0.29, 0.717) is 5.92 Å². The van der Waals surface area contributed by atoms with Crippen molar-refractivity contribution in [2.24, 2.45) is 5.92 Å². The van der Waals surface area contributed by atoms with Gasteiger partial charge in [-0.15, -0.1) is 0 Å². The van der Waals surface area contributed by atoms with Crippen LogP contribution in [0, 0.1) is 9.49 Å². The Labute approximate surface area is 155 Å². The van der Waals surface area contributed by atoms with Gasteiger partial charge in [0.25, 0.3) is 0 Å². The molecule has 0 aromatic heterocycles. The fourth-order valence-corrected chi connectivity index (χ4v) is 4.65. The van der Waals surface area contributed by atoms with Crippen LogP contribution in [0.15, 0.2) is 16.6 Å². The Morgan fingerprint density at radius 1 is 1.41 bits per heavy atom. The second-order valence-electron chi connectivity index (χ2n) is 7.10. The van der Waals surface area contributed by atoms with Crippen LogP contribution in [0.5, 0.6) is 0 Å². The monoisotopic (exact) mass is 479 g/mol. The predicted molar refractivity (Wildman–Crippen MR) is 103 cm³/mol. The molecule has 1 aliphatic heterocycles. The molecular weight excluding hydrogens is 457 g/mol. The molecule has 0 N–H and O–H groups in total. The minimum atomic E-state index is -0.494. The van der Waals surface area contributed by atoms with Gasteiger partial charge >= 0.3 is 6.09 Å². The largest absolute Gasteiger partial charge is 0.443 e. The molecule has 1 aromatic carbocycles. The third kappa shape index (κ3) is 3.96. The second kappa shape index (κ2) is 6.67. The first-order chi connectivity index (χ1) is 10.1. The maximum Gasteiger partial charge on any atom is 0.415 e. The van der Waals surface area contributed by atoms with Crippen LogP contribution in [0.25, 0.3) is 0 Å². The Morgan fingerprint density at radius 2 is 2.05 bits per heavy atom. The number of aryl methyl sites for hydroxylation is 1. The molecule has 1 aliphatic rings. The molecule has 1 amide bonds. The predicted octanol–water partition coefficient (Wildman–Crippen LogP) is 5.77. The zero-order valence-corrected chi connectivity index (χ0v) is 17.5. The number of halogens is 2. The molecule has 5 heteroatoms. The van der Waals surface area contributed by atoms with Crippen LogP contribution in [-0.4, -0.2) is 17.7 Å². The summed E-state index contributed by atoms with van der Waals surface area (Å²) in [7, 11) is 0. The fourth-order valence-electron chi connectivity index (χ4n) is 2.85. The molecule has 22 heavy (non-hydrogen) atoms. The minimum Gasteiger partial charge on any atom is -0.443 e. The summed E-state index contributed by atoms with van der Waals surface area (Å²) in [6, 6.07) is 4.38. The zero-order valence-electron chi connectivity index (χ0n) is 13.7. The maximum absolute atomic E-state index is 12.8. The first-order valence-corrected chi connectivity index (χ1v) is 9.47. The molecular formula is C17H23BrINO2.